The fourth-order valence-electron chi connectivity index (χ4n) is 1.32. The highest BCUT2D eigenvalue weighted by atomic mass is 35.5. The molecule has 0 aliphatic heterocycles. The molecule has 2 rings (SSSR count). The maximum Gasteiger partial charge on any atom is 0.139 e. The van der Waals surface area contributed by atoms with Gasteiger partial charge in [-0.25, -0.2) is 4.98 Å². The Morgan fingerprint density at radius 1 is 1.24 bits per heavy atom. The molecule has 0 aliphatic carbocycles. The van der Waals surface area contributed by atoms with Crippen molar-refractivity contribution in [3.8, 4) is 5.75 Å². The lowest BCUT2D eigenvalue weighted by atomic mass is 10.3. The van der Waals surface area contributed by atoms with Gasteiger partial charge in [0, 0.05) is 22.8 Å². The van der Waals surface area contributed by atoms with Crippen molar-refractivity contribution in [2.75, 3.05) is 5.73 Å². The summed E-state index contributed by atoms with van der Waals surface area (Å²) < 4.78 is 5.55. The Balaban J connectivity index is 2.12. The third kappa shape index (κ3) is 3.02. The molecule has 1 heterocycles. The summed E-state index contributed by atoms with van der Waals surface area (Å²) in [6.07, 6.45) is 1.63. The van der Waals surface area contributed by atoms with Crippen LogP contribution in [0.4, 0.5) is 5.82 Å². The number of benzene rings is 1. The Morgan fingerprint density at radius 3 is 2.82 bits per heavy atom. The van der Waals surface area contributed by atoms with E-state index in [4.69, 9.17) is 33.7 Å². The molecule has 0 unspecified atom stereocenters. The Morgan fingerprint density at radius 2 is 2.06 bits per heavy atom. The highest BCUT2D eigenvalue weighted by molar-refractivity contribution is 6.34. The molecule has 2 aromatic rings. The molecule has 0 saturated heterocycles. The van der Waals surface area contributed by atoms with Crippen molar-refractivity contribution in [2.24, 2.45) is 0 Å². The van der Waals surface area contributed by atoms with E-state index in [9.17, 15) is 0 Å². The lowest BCUT2D eigenvalue weighted by Crippen LogP contribution is -2.02. The number of nitrogen functional groups attached to an aromatic ring is 1. The molecule has 5 heteroatoms. The number of anilines is 1. The molecule has 3 nitrogen and oxygen atoms in total. The molecule has 0 bridgehead atoms. The van der Waals surface area contributed by atoms with Gasteiger partial charge in [0.2, 0.25) is 0 Å². The van der Waals surface area contributed by atoms with Gasteiger partial charge in [-0.1, -0.05) is 29.3 Å². The first-order valence-electron chi connectivity index (χ1n) is 4.94. The van der Waals surface area contributed by atoms with Crippen molar-refractivity contribution in [3.63, 3.8) is 0 Å². The van der Waals surface area contributed by atoms with Crippen LogP contribution < -0.4 is 10.5 Å². The van der Waals surface area contributed by atoms with Crippen LogP contribution in [0.3, 0.4) is 0 Å². The summed E-state index contributed by atoms with van der Waals surface area (Å²) in [4.78, 5) is 3.97. The molecule has 0 aliphatic rings. The SMILES string of the molecule is Nc1ncccc1COc1cc(Cl)ccc1Cl. The first-order valence-corrected chi connectivity index (χ1v) is 5.69. The van der Waals surface area contributed by atoms with Crippen LogP contribution in [0.5, 0.6) is 5.75 Å². The summed E-state index contributed by atoms with van der Waals surface area (Å²) in [5, 5.41) is 1.08. The van der Waals surface area contributed by atoms with Crippen molar-refractivity contribution >= 4 is 29.0 Å². The second-order valence-electron chi connectivity index (χ2n) is 3.41. The number of rotatable bonds is 3. The first-order chi connectivity index (χ1) is 8.16. The van der Waals surface area contributed by atoms with E-state index in [2.05, 4.69) is 4.98 Å². The van der Waals surface area contributed by atoms with Crippen LogP contribution in [-0.2, 0) is 6.61 Å². The van der Waals surface area contributed by atoms with Crippen molar-refractivity contribution in [1.29, 1.82) is 0 Å². The van der Waals surface area contributed by atoms with Crippen molar-refractivity contribution in [2.45, 2.75) is 6.61 Å². The minimum atomic E-state index is 0.305. The summed E-state index contributed by atoms with van der Waals surface area (Å²) in [5.74, 6) is 0.980. The van der Waals surface area contributed by atoms with Crippen LogP contribution in [0.1, 0.15) is 5.56 Å². The monoisotopic (exact) mass is 268 g/mol. The molecule has 0 amide bonds. The van der Waals surface area contributed by atoms with Gasteiger partial charge in [0.1, 0.15) is 18.2 Å². The Labute approximate surface area is 109 Å². The number of aromatic nitrogens is 1. The zero-order valence-electron chi connectivity index (χ0n) is 8.86. The van der Waals surface area contributed by atoms with Crippen molar-refractivity contribution < 1.29 is 4.74 Å². The standard InChI is InChI=1S/C12H10Cl2N2O/c13-9-3-4-10(14)11(6-9)17-7-8-2-1-5-16-12(8)15/h1-6H,7H2,(H2,15,16). The topological polar surface area (TPSA) is 48.1 Å². The largest absolute Gasteiger partial charge is 0.487 e. The molecule has 1 aromatic heterocycles. The molecule has 0 fully saturated rings. The Kier molecular flexibility index (Phi) is 3.71. The van der Waals surface area contributed by atoms with E-state index in [1.54, 1.807) is 30.5 Å². The highest BCUT2D eigenvalue weighted by Crippen LogP contribution is 2.28. The number of halogens is 2. The normalized spacial score (nSPS) is 10.2. The predicted molar refractivity (Wildman–Crippen MR) is 69.4 cm³/mol. The second-order valence-corrected chi connectivity index (χ2v) is 4.25. The van der Waals surface area contributed by atoms with Crippen LogP contribution in [0, 0.1) is 0 Å². The van der Waals surface area contributed by atoms with E-state index in [-0.39, 0.29) is 0 Å². The Hall–Kier alpha value is -1.45. The summed E-state index contributed by atoms with van der Waals surface area (Å²) >= 11 is 11.8. The van der Waals surface area contributed by atoms with E-state index in [1.807, 2.05) is 6.07 Å². The summed E-state index contributed by atoms with van der Waals surface area (Å²) in [5.41, 5.74) is 6.51. The third-order valence-corrected chi connectivity index (χ3v) is 2.75. The predicted octanol–water partition coefficient (Wildman–Crippen LogP) is 3.55. The minimum Gasteiger partial charge on any atom is -0.487 e. The van der Waals surface area contributed by atoms with Gasteiger partial charge >= 0.3 is 0 Å². The van der Waals surface area contributed by atoms with E-state index in [0.717, 1.165) is 5.56 Å². The quantitative estimate of drug-likeness (QED) is 0.926. The number of ether oxygens (including phenoxy) is 1. The lowest BCUT2D eigenvalue weighted by Gasteiger charge is -2.09. The van der Waals surface area contributed by atoms with Crippen molar-refractivity contribution in [1.82, 2.24) is 4.98 Å². The summed E-state index contributed by atoms with van der Waals surface area (Å²) in [6.45, 7) is 0.305. The molecular formula is C12H10Cl2N2O. The van der Waals surface area contributed by atoms with Gasteiger partial charge in [-0.15, -0.1) is 0 Å². The number of nitrogens with zero attached hydrogens (tertiary/aromatic N) is 1. The van der Waals surface area contributed by atoms with Crippen LogP contribution in [-0.4, -0.2) is 4.98 Å². The van der Waals surface area contributed by atoms with E-state index in [1.165, 1.54) is 0 Å². The molecule has 88 valence electrons. The molecule has 0 spiro atoms. The molecule has 0 saturated carbocycles. The summed E-state index contributed by atoms with van der Waals surface area (Å²) in [7, 11) is 0. The maximum absolute atomic E-state index is 5.97. The average molecular weight is 269 g/mol. The zero-order chi connectivity index (χ0) is 12.3. The molecule has 17 heavy (non-hydrogen) atoms. The van der Waals surface area contributed by atoms with Gasteiger partial charge in [-0.05, 0) is 18.2 Å². The van der Waals surface area contributed by atoms with Gasteiger partial charge in [0.15, 0.2) is 0 Å². The molecule has 1 aromatic carbocycles. The number of hydrogen-bond donors (Lipinski definition) is 1. The average Bonchev–Trinajstić information content (AvgIpc) is 2.32. The van der Waals surface area contributed by atoms with Crippen LogP contribution in [0.15, 0.2) is 36.5 Å². The lowest BCUT2D eigenvalue weighted by molar-refractivity contribution is 0.307. The number of pyridine rings is 1. The van der Waals surface area contributed by atoms with Gasteiger partial charge < -0.3 is 10.5 Å². The van der Waals surface area contributed by atoms with Crippen LogP contribution in [0.25, 0.3) is 0 Å². The smallest absolute Gasteiger partial charge is 0.139 e. The fraction of sp³-hybridized carbons (Fsp3) is 0.0833. The van der Waals surface area contributed by atoms with E-state index < -0.39 is 0 Å². The van der Waals surface area contributed by atoms with Crippen LogP contribution >= 0.6 is 23.2 Å². The molecule has 0 atom stereocenters. The highest BCUT2D eigenvalue weighted by Gasteiger charge is 2.05. The first kappa shape index (κ1) is 12.0. The van der Waals surface area contributed by atoms with Crippen LogP contribution in [0.2, 0.25) is 10.0 Å². The molecule has 0 radical (unpaired) electrons. The van der Waals surface area contributed by atoms with Crippen molar-refractivity contribution in [3.05, 3.63) is 52.1 Å². The third-order valence-electron chi connectivity index (χ3n) is 2.20. The van der Waals surface area contributed by atoms with E-state index >= 15 is 0 Å². The zero-order valence-corrected chi connectivity index (χ0v) is 10.4. The van der Waals surface area contributed by atoms with Gasteiger partial charge in [0.25, 0.3) is 0 Å². The summed E-state index contributed by atoms with van der Waals surface area (Å²) in [6, 6.07) is 8.70. The minimum absolute atomic E-state index is 0.305. The fourth-order valence-corrected chi connectivity index (χ4v) is 1.65. The molecular weight excluding hydrogens is 259 g/mol. The van der Waals surface area contributed by atoms with Gasteiger partial charge in [-0.3, -0.25) is 0 Å². The maximum atomic E-state index is 5.97. The number of nitrogens with two attached hydrogens (primary N) is 1. The van der Waals surface area contributed by atoms with E-state index in [0.29, 0.717) is 28.2 Å². The van der Waals surface area contributed by atoms with Gasteiger partial charge in [0.05, 0.1) is 5.02 Å². The second kappa shape index (κ2) is 5.25. The number of hydrogen-bond acceptors (Lipinski definition) is 3. The Bertz CT molecular complexity index is 532. The molecule has 2 N–H and O–H groups in total. The van der Waals surface area contributed by atoms with Gasteiger partial charge in [-0.2, -0.15) is 0 Å².